The van der Waals surface area contributed by atoms with Crippen molar-refractivity contribution in [1.82, 2.24) is 4.98 Å². The fourth-order valence-corrected chi connectivity index (χ4v) is 0.935. The smallest absolute Gasteiger partial charge is 0.280 e. The van der Waals surface area contributed by atoms with Gasteiger partial charge in [-0.3, -0.25) is 9.78 Å². The van der Waals surface area contributed by atoms with Crippen LogP contribution in [0.15, 0.2) is 12.3 Å². The minimum Gasteiger partial charge on any atom is -0.397 e. The zero-order valence-corrected chi connectivity index (χ0v) is 7.05. The zero-order valence-electron chi connectivity index (χ0n) is 6.30. The van der Waals surface area contributed by atoms with Crippen molar-refractivity contribution in [2.75, 3.05) is 5.73 Å². The molecule has 0 saturated heterocycles. The third kappa shape index (κ3) is 2.12. The number of anilines is 1. The Kier molecular flexibility index (Phi) is 2.77. The first-order valence-electron chi connectivity index (χ1n) is 3.25. The van der Waals surface area contributed by atoms with Crippen LogP contribution in [0.1, 0.15) is 22.5 Å². The predicted octanol–water partition coefficient (Wildman–Crippen LogP) is 1.98. The highest BCUT2D eigenvalue weighted by molar-refractivity contribution is 6.68. The van der Waals surface area contributed by atoms with Gasteiger partial charge in [0.05, 0.1) is 17.4 Å². The number of pyridine rings is 1. The summed E-state index contributed by atoms with van der Waals surface area (Å²) in [4.78, 5) is 14.0. The van der Waals surface area contributed by atoms with E-state index in [1.54, 1.807) is 0 Å². The molecule has 0 amide bonds. The Hall–Kier alpha value is -1.23. The number of halogens is 3. The van der Waals surface area contributed by atoms with Gasteiger partial charge in [0.1, 0.15) is 5.69 Å². The average molecular weight is 207 g/mol. The Morgan fingerprint density at radius 3 is 2.69 bits per heavy atom. The van der Waals surface area contributed by atoms with Crippen LogP contribution >= 0.6 is 11.6 Å². The first-order valence-corrected chi connectivity index (χ1v) is 3.63. The molecule has 6 heteroatoms. The molecule has 1 aromatic rings. The topological polar surface area (TPSA) is 56.0 Å². The molecule has 0 fully saturated rings. The van der Waals surface area contributed by atoms with Gasteiger partial charge in [0.25, 0.3) is 11.7 Å². The van der Waals surface area contributed by atoms with Crippen LogP contribution in [0.5, 0.6) is 0 Å². The maximum atomic E-state index is 12.1. The molecule has 1 heterocycles. The second kappa shape index (κ2) is 3.66. The lowest BCUT2D eigenvalue weighted by Crippen LogP contribution is -2.01. The Morgan fingerprint density at radius 2 is 2.23 bits per heavy atom. The molecule has 0 saturated carbocycles. The lowest BCUT2D eigenvalue weighted by atomic mass is 10.2. The summed E-state index contributed by atoms with van der Waals surface area (Å²) in [5, 5.41) is -0.873. The summed E-state index contributed by atoms with van der Waals surface area (Å²) in [6.45, 7) is 0. The fourth-order valence-electron chi connectivity index (χ4n) is 0.772. The summed E-state index contributed by atoms with van der Waals surface area (Å²) >= 11 is 5.09. The van der Waals surface area contributed by atoms with Crippen molar-refractivity contribution in [3.63, 3.8) is 0 Å². The molecular formula is C7H5ClF2N2O. The molecule has 0 aromatic carbocycles. The summed E-state index contributed by atoms with van der Waals surface area (Å²) in [6.07, 6.45) is -1.76. The molecule has 0 spiro atoms. The molecule has 0 aliphatic rings. The lowest BCUT2D eigenvalue weighted by Gasteiger charge is -2.02. The van der Waals surface area contributed by atoms with Crippen molar-refractivity contribution in [2.24, 2.45) is 0 Å². The van der Waals surface area contributed by atoms with Crippen LogP contribution in [0.2, 0.25) is 0 Å². The van der Waals surface area contributed by atoms with Gasteiger partial charge in [0.2, 0.25) is 0 Å². The van der Waals surface area contributed by atoms with E-state index in [1.807, 2.05) is 0 Å². The van der Waals surface area contributed by atoms with E-state index in [0.717, 1.165) is 12.3 Å². The van der Waals surface area contributed by atoms with Crippen molar-refractivity contribution in [3.8, 4) is 0 Å². The molecule has 3 nitrogen and oxygen atoms in total. The third-order valence-corrected chi connectivity index (χ3v) is 1.59. The Balaban J connectivity index is 3.19. The molecule has 70 valence electrons. The second-order valence-corrected chi connectivity index (χ2v) is 2.61. The van der Waals surface area contributed by atoms with Gasteiger partial charge in [0.15, 0.2) is 0 Å². The van der Waals surface area contributed by atoms with E-state index in [4.69, 9.17) is 17.3 Å². The summed E-state index contributed by atoms with van der Waals surface area (Å²) in [7, 11) is 0. The highest BCUT2D eigenvalue weighted by Crippen LogP contribution is 2.21. The molecule has 0 aliphatic heterocycles. The van der Waals surface area contributed by atoms with E-state index < -0.39 is 17.4 Å². The molecule has 1 aromatic heterocycles. The number of aromatic nitrogens is 1. The fraction of sp³-hybridized carbons (Fsp3) is 0.143. The normalized spacial score (nSPS) is 10.5. The van der Waals surface area contributed by atoms with E-state index in [2.05, 4.69) is 4.98 Å². The van der Waals surface area contributed by atoms with Crippen molar-refractivity contribution in [3.05, 3.63) is 23.5 Å². The van der Waals surface area contributed by atoms with Crippen LogP contribution in [-0.2, 0) is 0 Å². The summed E-state index contributed by atoms with van der Waals surface area (Å²) in [5.41, 5.74) is 4.61. The standard InChI is InChI=1S/C7H5ClF2N2O/c8-6(13)3-1-5(7(9)10)12-2-4(3)11/h1-2,7H,11H2. The van der Waals surface area contributed by atoms with Crippen LogP contribution < -0.4 is 5.73 Å². The van der Waals surface area contributed by atoms with Gasteiger partial charge >= 0.3 is 0 Å². The summed E-state index contributed by atoms with van der Waals surface area (Å²) < 4.78 is 24.2. The Morgan fingerprint density at radius 1 is 1.62 bits per heavy atom. The first kappa shape index (κ1) is 9.85. The molecule has 0 atom stereocenters. The number of carbonyl (C=O) groups excluding carboxylic acids is 1. The predicted molar refractivity (Wildman–Crippen MR) is 43.8 cm³/mol. The molecule has 2 N–H and O–H groups in total. The highest BCUT2D eigenvalue weighted by Gasteiger charge is 2.14. The number of nitrogen functional groups attached to an aromatic ring is 1. The van der Waals surface area contributed by atoms with Crippen LogP contribution in [0.25, 0.3) is 0 Å². The van der Waals surface area contributed by atoms with Crippen molar-refractivity contribution >= 4 is 22.5 Å². The zero-order chi connectivity index (χ0) is 10.0. The largest absolute Gasteiger partial charge is 0.397 e. The van der Waals surface area contributed by atoms with Crippen molar-refractivity contribution < 1.29 is 13.6 Å². The Bertz CT molecular complexity index is 343. The van der Waals surface area contributed by atoms with Gasteiger partial charge in [-0.25, -0.2) is 8.78 Å². The number of alkyl halides is 2. The van der Waals surface area contributed by atoms with E-state index in [9.17, 15) is 13.6 Å². The minimum atomic E-state index is -2.74. The number of carbonyl (C=O) groups is 1. The summed E-state index contributed by atoms with van der Waals surface area (Å²) in [5.74, 6) is 0. The third-order valence-electron chi connectivity index (χ3n) is 1.39. The second-order valence-electron chi connectivity index (χ2n) is 2.27. The van der Waals surface area contributed by atoms with E-state index in [-0.39, 0.29) is 11.3 Å². The van der Waals surface area contributed by atoms with Gasteiger partial charge < -0.3 is 5.73 Å². The molecule has 0 radical (unpaired) electrons. The SMILES string of the molecule is Nc1cnc(C(F)F)cc1C(=O)Cl. The molecule has 0 bridgehead atoms. The van der Waals surface area contributed by atoms with E-state index in [0.29, 0.717) is 0 Å². The minimum absolute atomic E-state index is 0.00981. The van der Waals surface area contributed by atoms with E-state index in [1.165, 1.54) is 0 Å². The Labute approximate surface area is 77.5 Å². The summed E-state index contributed by atoms with van der Waals surface area (Å²) in [6, 6.07) is 0.884. The van der Waals surface area contributed by atoms with Crippen LogP contribution in [-0.4, -0.2) is 10.2 Å². The maximum absolute atomic E-state index is 12.1. The number of nitrogens with two attached hydrogens (primary N) is 1. The number of hydrogen-bond acceptors (Lipinski definition) is 3. The van der Waals surface area contributed by atoms with Crippen molar-refractivity contribution in [1.29, 1.82) is 0 Å². The average Bonchev–Trinajstić information content (AvgIpc) is 2.04. The van der Waals surface area contributed by atoms with Gasteiger partial charge in [-0.15, -0.1) is 0 Å². The molecule has 0 aliphatic carbocycles. The molecule has 13 heavy (non-hydrogen) atoms. The number of nitrogens with zero attached hydrogens (tertiary/aromatic N) is 1. The van der Waals surface area contributed by atoms with Gasteiger partial charge in [-0.05, 0) is 17.7 Å². The molecule has 1 rings (SSSR count). The van der Waals surface area contributed by atoms with Crippen LogP contribution in [0.3, 0.4) is 0 Å². The van der Waals surface area contributed by atoms with Gasteiger partial charge in [-0.2, -0.15) is 0 Å². The monoisotopic (exact) mass is 206 g/mol. The van der Waals surface area contributed by atoms with Crippen LogP contribution in [0, 0.1) is 0 Å². The van der Waals surface area contributed by atoms with Crippen molar-refractivity contribution in [2.45, 2.75) is 6.43 Å². The molecular weight excluding hydrogens is 202 g/mol. The number of hydrogen-bond donors (Lipinski definition) is 1. The maximum Gasteiger partial charge on any atom is 0.280 e. The van der Waals surface area contributed by atoms with Gasteiger partial charge in [0, 0.05) is 0 Å². The first-order chi connectivity index (χ1) is 6.02. The van der Waals surface area contributed by atoms with Crippen LogP contribution in [0.4, 0.5) is 14.5 Å². The lowest BCUT2D eigenvalue weighted by molar-refractivity contribution is 0.108. The highest BCUT2D eigenvalue weighted by atomic mass is 35.5. The number of rotatable bonds is 2. The quantitative estimate of drug-likeness (QED) is 0.753. The van der Waals surface area contributed by atoms with Gasteiger partial charge in [-0.1, -0.05) is 0 Å². The van der Waals surface area contributed by atoms with E-state index >= 15 is 0 Å². The molecule has 0 unspecified atom stereocenters.